The molecule has 0 spiro atoms. The average Bonchev–Trinajstić information content (AvgIpc) is 2.95. The molecular formula is C20H16BrN2OPS. The summed E-state index contributed by atoms with van der Waals surface area (Å²) in [7, 11) is -3.09. The van der Waals surface area contributed by atoms with Crippen molar-refractivity contribution in [3.63, 3.8) is 0 Å². The second-order valence-corrected chi connectivity index (χ2v) is 9.99. The lowest BCUT2D eigenvalue weighted by Crippen LogP contribution is -2.27. The van der Waals surface area contributed by atoms with Gasteiger partial charge in [0.2, 0.25) is 7.29 Å². The number of nitrogens with zero attached hydrogens (tertiary/aromatic N) is 1. The Hall–Kier alpha value is -1.94. The summed E-state index contributed by atoms with van der Waals surface area (Å²) in [4.78, 5) is 0. The highest BCUT2D eigenvalue weighted by molar-refractivity contribution is 9.10. The van der Waals surface area contributed by atoms with Crippen molar-refractivity contribution in [3.05, 3.63) is 95.0 Å². The first-order valence-corrected chi connectivity index (χ1v) is 11.1. The van der Waals surface area contributed by atoms with Gasteiger partial charge in [0, 0.05) is 9.78 Å². The Labute approximate surface area is 166 Å². The van der Waals surface area contributed by atoms with E-state index in [2.05, 4.69) is 21.2 Å². The third-order valence-electron chi connectivity index (χ3n) is 4.41. The van der Waals surface area contributed by atoms with Crippen molar-refractivity contribution in [2.45, 2.75) is 5.78 Å². The summed E-state index contributed by atoms with van der Waals surface area (Å²) in [5.74, 6) is -0.397. The van der Waals surface area contributed by atoms with E-state index in [9.17, 15) is 4.57 Å². The summed E-state index contributed by atoms with van der Waals surface area (Å²) in [6, 6.07) is 27.1. The lowest BCUT2D eigenvalue weighted by atomic mass is 10.2. The molecule has 1 heterocycles. The predicted molar refractivity (Wildman–Crippen MR) is 115 cm³/mol. The number of benzene rings is 3. The van der Waals surface area contributed by atoms with E-state index in [-0.39, 0.29) is 0 Å². The number of halogens is 1. The van der Waals surface area contributed by atoms with Crippen LogP contribution in [-0.2, 0) is 4.57 Å². The van der Waals surface area contributed by atoms with Crippen molar-refractivity contribution >= 4 is 51.5 Å². The second kappa shape index (κ2) is 6.99. The van der Waals surface area contributed by atoms with Gasteiger partial charge in [0.25, 0.3) is 0 Å². The first-order valence-electron chi connectivity index (χ1n) is 8.17. The summed E-state index contributed by atoms with van der Waals surface area (Å²) >= 11 is 9.07. The van der Waals surface area contributed by atoms with Gasteiger partial charge >= 0.3 is 0 Å². The van der Waals surface area contributed by atoms with Crippen LogP contribution in [0.2, 0.25) is 0 Å². The summed E-state index contributed by atoms with van der Waals surface area (Å²) in [6.45, 7) is 0. The standard InChI is InChI=1S/C20H16BrN2OPS/c21-16-13-11-15(12-14-16)19-22-20(26)23(17-7-3-1-4-8-17)25(19,24)18-9-5-2-6-10-18/h1-14,19H,(H,22,26)/t19-,25-/m0/s1. The van der Waals surface area contributed by atoms with Crippen LogP contribution in [-0.4, -0.2) is 5.11 Å². The molecule has 1 N–H and O–H groups in total. The minimum atomic E-state index is -3.09. The van der Waals surface area contributed by atoms with Crippen molar-refractivity contribution in [2.75, 3.05) is 4.67 Å². The van der Waals surface area contributed by atoms with Gasteiger partial charge in [0.15, 0.2) is 5.11 Å². The Bertz CT molecular complexity index is 980. The van der Waals surface area contributed by atoms with Crippen LogP contribution in [0.25, 0.3) is 0 Å². The molecule has 0 saturated carbocycles. The molecule has 0 aromatic heterocycles. The van der Waals surface area contributed by atoms with Crippen LogP contribution >= 0.6 is 35.4 Å². The van der Waals surface area contributed by atoms with Crippen LogP contribution in [0, 0.1) is 0 Å². The molecule has 0 amide bonds. The Morgan fingerprint density at radius 3 is 2.08 bits per heavy atom. The molecule has 3 aromatic rings. The van der Waals surface area contributed by atoms with Crippen molar-refractivity contribution in [1.82, 2.24) is 5.32 Å². The molecule has 130 valence electrons. The van der Waals surface area contributed by atoms with Crippen LogP contribution in [0.1, 0.15) is 11.3 Å². The summed E-state index contributed by atoms with van der Waals surface area (Å²) < 4.78 is 17.3. The van der Waals surface area contributed by atoms with Gasteiger partial charge in [-0.3, -0.25) is 9.24 Å². The number of thiocarbonyl (C=S) groups is 1. The van der Waals surface area contributed by atoms with Crippen molar-refractivity contribution in [1.29, 1.82) is 0 Å². The Balaban J connectivity index is 1.91. The van der Waals surface area contributed by atoms with Crippen LogP contribution in [0.4, 0.5) is 5.69 Å². The molecule has 3 nitrogen and oxygen atoms in total. The van der Waals surface area contributed by atoms with Gasteiger partial charge in [0.05, 0.1) is 5.69 Å². The van der Waals surface area contributed by atoms with Gasteiger partial charge in [-0.1, -0.05) is 64.5 Å². The molecule has 6 heteroatoms. The smallest absolute Gasteiger partial charge is 0.232 e. The van der Waals surface area contributed by atoms with E-state index in [4.69, 9.17) is 12.2 Å². The monoisotopic (exact) mass is 442 g/mol. The lowest BCUT2D eigenvalue weighted by Gasteiger charge is -2.28. The fourth-order valence-corrected chi connectivity index (χ4v) is 7.19. The molecule has 0 unspecified atom stereocenters. The van der Waals surface area contributed by atoms with Crippen LogP contribution in [0.15, 0.2) is 89.4 Å². The Kier molecular flexibility index (Phi) is 4.70. The van der Waals surface area contributed by atoms with Gasteiger partial charge in [-0.15, -0.1) is 0 Å². The number of para-hydroxylation sites is 1. The molecule has 2 atom stereocenters. The average molecular weight is 443 g/mol. The molecule has 1 saturated heterocycles. The minimum Gasteiger partial charge on any atom is -0.346 e. The fourth-order valence-electron chi connectivity index (χ4n) is 3.21. The third-order valence-corrected chi connectivity index (χ3v) is 8.57. The third kappa shape index (κ3) is 2.90. The zero-order valence-corrected chi connectivity index (χ0v) is 17.0. The quantitative estimate of drug-likeness (QED) is 0.431. The van der Waals surface area contributed by atoms with E-state index in [1.807, 2.05) is 84.9 Å². The summed E-state index contributed by atoms with van der Waals surface area (Å²) in [5, 5.41) is 4.57. The fraction of sp³-hybridized carbons (Fsp3) is 0.0500. The van der Waals surface area contributed by atoms with Gasteiger partial charge in [0.1, 0.15) is 5.78 Å². The SMILES string of the molecule is O=[P@@]1(c2ccccc2)[C@@H](c2ccc(Br)cc2)NC(=S)N1c1ccccc1. The topological polar surface area (TPSA) is 32.3 Å². The van der Waals surface area contributed by atoms with Gasteiger partial charge in [-0.2, -0.15) is 0 Å². The van der Waals surface area contributed by atoms with Crippen LogP contribution in [0.5, 0.6) is 0 Å². The predicted octanol–water partition coefficient (Wildman–Crippen LogP) is 5.45. The Morgan fingerprint density at radius 1 is 0.885 bits per heavy atom. The van der Waals surface area contributed by atoms with Gasteiger partial charge < -0.3 is 5.32 Å². The zero-order valence-electron chi connectivity index (χ0n) is 13.7. The number of rotatable bonds is 3. The number of hydrogen-bond acceptors (Lipinski definition) is 2. The number of nitrogens with one attached hydrogen (secondary N) is 1. The van der Waals surface area contributed by atoms with Crippen LogP contribution in [0.3, 0.4) is 0 Å². The molecule has 0 radical (unpaired) electrons. The number of hydrogen-bond donors (Lipinski definition) is 1. The van der Waals surface area contributed by atoms with Crippen LogP contribution < -0.4 is 15.3 Å². The van der Waals surface area contributed by atoms with E-state index in [1.54, 1.807) is 4.67 Å². The molecular weight excluding hydrogens is 427 g/mol. The molecule has 1 aliphatic heterocycles. The first-order chi connectivity index (χ1) is 12.6. The summed E-state index contributed by atoms with van der Waals surface area (Å²) in [6.07, 6.45) is 0. The molecule has 1 fully saturated rings. The van der Waals surface area contributed by atoms with Crippen molar-refractivity contribution < 1.29 is 4.57 Å². The largest absolute Gasteiger partial charge is 0.346 e. The van der Waals surface area contributed by atoms with E-state index in [1.165, 1.54) is 0 Å². The van der Waals surface area contributed by atoms with Crippen molar-refractivity contribution in [2.24, 2.45) is 0 Å². The zero-order chi connectivity index (χ0) is 18.1. The van der Waals surface area contributed by atoms with E-state index >= 15 is 0 Å². The Morgan fingerprint density at radius 2 is 1.46 bits per heavy atom. The molecule has 3 aromatic carbocycles. The maximum absolute atomic E-state index is 14.5. The molecule has 1 aliphatic rings. The minimum absolute atomic E-state index is 0.397. The molecule has 26 heavy (non-hydrogen) atoms. The van der Waals surface area contributed by atoms with E-state index in [0.29, 0.717) is 5.11 Å². The highest BCUT2D eigenvalue weighted by Crippen LogP contribution is 2.64. The second-order valence-electron chi connectivity index (χ2n) is 6.01. The normalized spacial score (nSPS) is 22.3. The molecule has 0 bridgehead atoms. The maximum atomic E-state index is 14.5. The first kappa shape index (κ1) is 17.5. The highest BCUT2D eigenvalue weighted by Gasteiger charge is 2.49. The van der Waals surface area contributed by atoms with Crippen molar-refractivity contribution in [3.8, 4) is 0 Å². The number of anilines is 1. The van der Waals surface area contributed by atoms with Gasteiger partial charge in [-0.05, 0) is 54.2 Å². The van der Waals surface area contributed by atoms with E-state index in [0.717, 1.165) is 21.0 Å². The lowest BCUT2D eigenvalue weighted by molar-refractivity contribution is 0.574. The van der Waals surface area contributed by atoms with E-state index < -0.39 is 13.1 Å². The molecule has 4 rings (SSSR count). The maximum Gasteiger partial charge on any atom is 0.232 e. The molecule has 0 aliphatic carbocycles. The highest BCUT2D eigenvalue weighted by atomic mass is 79.9. The summed E-state index contributed by atoms with van der Waals surface area (Å²) in [5.41, 5.74) is 1.78. The van der Waals surface area contributed by atoms with Gasteiger partial charge in [-0.25, -0.2) is 0 Å².